The maximum Gasteiger partial charge on any atom is 0.263 e. The Labute approximate surface area is 127 Å². The number of nitrogens with one attached hydrogen (secondary N) is 1. The van der Waals surface area contributed by atoms with Crippen LogP contribution in [0.3, 0.4) is 0 Å². The van der Waals surface area contributed by atoms with E-state index in [0.29, 0.717) is 10.6 Å². The normalized spacial score (nSPS) is 21.3. The molecule has 5 nitrogen and oxygen atoms in total. The molecule has 6 heteroatoms. The third-order valence-corrected chi connectivity index (χ3v) is 5.09. The number of nitrogens with two attached hydrogens (primary N) is 1. The predicted octanol–water partition coefficient (Wildman–Crippen LogP) is 2.40. The number of ether oxygens (including phenoxy) is 1. The number of pyridine rings is 1. The lowest BCUT2D eigenvalue weighted by Crippen LogP contribution is -2.47. The highest BCUT2D eigenvalue weighted by atomic mass is 32.1. The number of methoxy groups -OCH3 is 1. The monoisotopic (exact) mass is 305 g/mol. The first kappa shape index (κ1) is 14.3. The van der Waals surface area contributed by atoms with Gasteiger partial charge in [-0.15, -0.1) is 11.3 Å². The quantitative estimate of drug-likeness (QED) is 0.913. The molecular weight excluding hydrogens is 286 g/mol. The van der Waals surface area contributed by atoms with Crippen molar-refractivity contribution >= 4 is 33.1 Å². The van der Waals surface area contributed by atoms with Crippen LogP contribution in [0.1, 0.15) is 33.8 Å². The lowest BCUT2D eigenvalue weighted by molar-refractivity contribution is 0.0177. The SMILES string of the molecule is COC1CC(NC(=O)c2sc3nc(C)cc(C)c3c2N)C1. The van der Waals surface area contributed by atoms with Crippen LogP contribution in [0.5, 0.6) is 0 Å². The molecule has 0 bridgehead atoms. The van der Waals surface area contributed by atoms with E-state index < -0.39 is 0 Å². The first-order valence-corrected chi connectivity index (χ1v) is 7.81. The fraction of sp³-hybridized carbons (Fsp3) is 0.467. The van der Waals surface area contributed by atoms with Gasteiger partial charge in [0.2, 0.25) is 0 Å². The summed E-state index contributed by atoms with van der Waals surface area (Å²) in [5.41, 5.74) is 8.71. The number of carbonyl (C=O) groups is 1. The molecule has 1 saturated carbocycles. The Morgan fingerprint density at radius 1 is 1.48 bits per heavy atom. The zero-order chi connectivity index (χ0) is 15.1. The van der Waals surface area contributed by atoms with Crippen LogP contribution in [0.25, 0.3) is 10.2 Å². The van der Waals surface area contributed by atoms with E-state index in [1.807, 2.05) is 19.9 Å². The number of hydrogen-bond acceptors (Lipinski definition) is 5. The number of aryl methyl sites for hydroxylation is 2. The summed E-state index contributed by atoms with van der Waals surface area (Å²) >= 11 is 1.36. The van der Waals surface area contributed by atoms with Gasteiger partial charge in [-0.25, -0.2) is 4.98 Å². The maximum atomic E-state index is 12.4. The smallest absolute Gasteiger partial charge is 0.263 e. The summed E-state index contributed by atoms with van der Waals surface area (Å²) in [4.78, 5) is 18.3. The van der Waals surface area contributed by atoms with Crippen molar-refractivity contribution in [2.75, 3.05) is 12.8 Å². The minimum absolute atomic E-state index is 0.105. The van der Waals surface area contributed by atoms with Crippen LogP contribution in [0.2, 0.25) is 0 Å². The minimum atomic E-state index is -0.105. The first-order chi connectivity index (χ1) is 9.99. The van der Waals surface area contributed by atoms with Crippen LogP contribution in [0.15, 0.2) is 6.07 Å². The van der Waals surface area contributed by atoms with Crippen molar-refractivity contribution in [3.05, 3.63) is 22.2 Å². The summed E-state index contributed by atoms with van der Waals surface area (Å²) < 4.78 is 5.22. The summed E-state index contributed by atoms with van der Waals surface area (Å²) in [5.74, 6) is -0.105. The summed E-state index contributed by atoms with van der Waals surface area (Å²) in [7, 11) is 1.70. The molecule has 21 heavy (non-hydrogen) atoms. The van der Waals surface area contributed by atoms with Gasteiger partial charge in [-0.2, -0.15) is 0 Å². The average molecular weight is 305 g/mol. The second-order valence-electron chi connectivity index (χ2n) is 5.61. The van der Waals surface area contributed by atoms with Gasteiger partial charge in [0.25, 0.3) is 5.91 Å². The van der Waals surface area contributed by atoms with Crippen LogP contribution < -0.4 is 11.1 Å². The van der Waals surface area contributed by atoms with Gasteiger partial charge in [0.15, 0.2) is 0 Å². The average Bonchev–Trinajstić information content (AvgIpc) is 2.70. The molecular formula is C15H19N3O2S. The van der Waals surface area contributed by atoms with Gasteiger partial charge in [0, 0.05) is 24.2 Å². The molecule has 2 aromatic rings. The molecule has 0 saturated heterocycles. The molecule has 2 heterocycles. The van der Waals surface area contributed by atoms with E-state index in [4.69, 9.17) is 10.5 Å². The van der Waals surface area contributed by atoms with E-state index in [1.54, 1.807) is 7.11 Å². The number of rotatable bonds is 3. The Morgan fingerprint density at radius 2 is 2.19 bits per heavy atom. The summed E-state index contributed by atoms with van der Waals surface area (Å²) in [6.07, 6.45) is 1.99. The van der Waals surface area contributed by atoms with Crippen molar-refractivity contribution < 1.29 is 9.53 Å². The Balaban J connectivity index is 1.85. The third-order valence-electron chi connectivity index (χ3n) is 3.99. The van der Waals surface area contributed by atoms with Crippen molar-refractivity contribution in [2.45, 2.75) is 38.8 Å². The van der Waals surface area contributed by atoms with Gasteiger partial charge >= 0.3 is 0 Å². The highest BCUT2D eigenvalue weighted by molar-refractivity contribution is 7.21. The third kappa shape index (κ3) is 2.49. The lowest BCUT2D eigenvalue weighted by atomic mass is 9.89. The predicted molar refractivity (Wildman–Crippen MR) is 84.8 cm³/mol. The summed E-state index contributed by atoms with van der Waals surface area (Å²) in [6, 6.07) is 2.17. The van der Waals surface area contributed by atoms with E-state index in [9.17, 15) is 4.79 Å². The van der Waals surface area contributed by atoms with Crippen LogP contribution in [0, 0.1) is 13.8 Å². The molecule has 0 unspecified atom stereocenters. The van der Waals surface area contributed by atoms with Gasteiger partial charge < -0.3 is 15.8 Å². The number of nitrogens with zero attached hydrogens (tertiary/aromatic N) is 1. The number of carbonyl (C=O) groups excluding carboxylic acids is 1. The van der Waals surface area contributed by atoms with Crippen LogP contribution in [0.4, 0.5) is 5.69 Å². The number of thiophene rings is 1. The van der Waals surface area contributed by atoms with Gasteiger partial charge in [-0.3, -0.25) is 4.79 Å². The molecule has 2 aromatic heterocycles. The minimum Gasteiger partial charge on any atom is -0.397 e. The van der Waals surface area contributed by atoms with Crippen LogP contribution in [-0.4, -0.2) is 30.1 Å². The molecule has 3 rings (SSSR count). The number of amides is 1. The molecule has 0 radical (unpaired) electrons. The Hall–Kier alpha value is -1.66. The topological polar surface area (TPSA) is 77.2 Å². The molecule has 0 spiro atoms. The van der Waals surface area contributed by atoms with E-state index in [2.05, 4.69) is 10.3 Å². The highest BCUT2D eigenvalue weighted by Crippen LogP contribution is 2.35. The van der Waals surface area contributed by atoms with Gasteiger partial charge in [0.1, 0.15) is 9.71 Å². The van der Waals surface area contributed by atoms with E-state index >= 15 is 0 Å². The van der Waals surface area contributed by atoms with Gasteiger partial charge in [-0.05, 0) is 38.3 Å². The van der Waals surface area contributed by atoms with E-state index in [-0.39, 0.29) is 18.1 Å². The van der Waals surface area contributed by atoms with E-state index in [0.717, 1.165) is 34.3 Å². The molecule has 1 fully saturated rings. The number of aromatic nitrogens is 1. The standard InChI is InChI=1S/C15H19N3O2S/c1-7-4-8(2)17-15-11(7)12(16)13(21-15)14(19)18-9-5-10(6-9)20-3/h4,9-10H,5-6,16H2,1-3H3,(H,18,19). The molecule has 0 atom stereocenters. The zero-order valence-corrected chi connectivity index (χ0v) is 13.2. The Kier molecular flexibility index (Phi) is 3.59. The fourth-order valence-corrected chi connectivity index (χ4v) is 3.88. The number of nitrogen functional groups attached to an aromatic ring is 1. The summed E-state index contributed by atoms with van der Waals surface area (Å²) in [5, 5.41) is 3.92. The lowest BCUT2D eigenvalue weighted by Gasteiger charge is -2.34. The zero-order valence-electron chi connectivity index (χ0n) is 12.4. The molecule has 112 valence electrons. The number of fused-ring (bicyclic) bond motifs is 1. The number of anilines is 1. The number of hydrogen-bond donors (Lipinski definition) is 2. The fourth-order valence-electron chi connectivity index (χ4n) is 2.76. The van der Waals surface area contributed by atoms with Crippen molar-refractivity contribution in [2.24, 2.45) is 0 Å². The second kappa shape index (κ2) is 5.27. The highest BCUT2D eigenvalue weighted by Gasteiger charge is 2.31. The van der Waals surface area contributed by atoms with Crippen LogP contribution >= 0.6 is 11.3 Å². The van der Waals surface area contributed by atoms with Crippen molar-refractivity contribution in [3.8, 4) is 0 Å². The Bertz CT molecular complexity index is 704. The largest absolute Gasteiger partial charge is 0.397 e. The summed E-state index contributed by atoms with van der Waals surface area (Å²) in [6.45, 7) is 3.94. The van der Waals surface area contributed by atoms with Crippen molar-refractivity contribution in [3.63, 3.8) is 0 Å². The van der Waals surface area contributed by atoms with Crippen molar-refractivity contribution in [1.29, 1.82) is 0 Å². The second-order valence-corrected chi connectivity index (χ2v) is 6.60. The molecule has 1 aliphatic rings. The Morgan fingerprint density at radius 3 is 2.86 bits per heavy atom. The van der Waals surface area contributed by atoms with Crippen molar-refractivity contribution in [1.82, 2.24) is 10.3 Å². The van der Waals surface area contributed by atoms with Crippen LogP contribution in [-0.2, 0) is 4.74 Å². The van der Waals surface area contributed by atoms with E-state index in [1.165, 1.54) is 11.3 Å². The molecule has 1 aliphatic carbocycles. The van der Waals surface area contributed by atoms with Gasteiger partial charge in [0.05, 0.1) is 11.8 Å². The van der Waals surface area contributed by atoms with Gasteiger partial charge in [-0.1, -0.05) is 0 Å². The maximum absolute atomic E-state index is 12.4. The molecule has 3 N–H and O–H groups in total. The first-order valence-electron chi connectivity index (χ1n) is 6.99. The molecule has 1 amide bonds. The molecule has 0 aliphatic heterocycles. The molecule has 0 aromatic carbocycles.